The summed E-state index contributed by atoms with van der Waals surface area (Å²) in [6.07, 6.45) is 1.72. The number of halogens is 2. The maximum Gasteiger partial charge on any atom is 0.191 e. The van der Waals surface area contributed by atoms with E-state index >= 15 is 0 Å². The molecular weight excluding hydrogens is 333 g/mol. The molecule has 2 N–H and O–H groups in total. The Balaban J connectivity index is 1.69. The Kier molecular flexibility index (Phi) is 7.75. The van der Waals surface area contributed by atoms with Crippen LogP contribution in [0, 0.1) is 5.82 Å². The van der Waals surface area contributed by atoms with Gasteiger partial charge in [0.2, 0.25) is 0 Å². The van der Waals surface area contributed by atoms with Crippen LogP contribution in [0.2, 0.25) is 5.02 Å². The summed E-state index contributed by atoms with van der Waals surface area (Å²) >= 11 is 6.12. The number of hydrogen-bond acceptors (Lipinski definition) is 3. The second-order valence-electron chi connectivity index (χ2n) is 5.69. The first kappa shape index (κ1) is 19.0. The van der Waals surface area contributed by atoms with Gasteiger partial charge < -0.3 is 20.1 Å². The van der Waals surface area contributed by atoms with Crippen LogP contribution in [0.3, 0.4) is 0 Å². The Hall–Kier alpha value is -1.37. The molecular formula is C17H25ClFN3O2. The van der Waals surface area contributed by atoms with Gasteiger partial charge in [-0.15, -0.1) is 0 Å². The van der Waals surface area contributed by atoms with E-state index in [2.05, 4.69) is 15.6 Å². The predicted molar refractivity (Wildman–Crippen MR) is 94.4 cm³/mol. The maximum atomic E-state index is 13.9. The van der Waals surface area contributed by atoms with E-state index in [0.29, 0.717) is 36.4 Å². The summed E-state index contributed by atoms with van der Waals surface area (Å²) in [5.41, 5.74) is 0.596. The number of methoxy groups -OCH3 is 1. The first-order valence-corrected chi connectivity index (χ1v) is 8.53. The number of benzene rings is 1. The van der Waals surface area contributed by atoms with Crippen molar-refractivity contribution in [1.29, 1.82) is 0 Å². The summed E-state index contributed by atoms with van der Waals surface area (Å²) in [5.74, 6) is 0.564. The highest BCUT2D eigenvalue weighted by atomic mass is 35.5. The first-order valence-electron chi connectivity index (χ1n) is 8.15. The highest BCUT2D eigenvalue weighted by molar-refractivity contribution is 6.31. The number of aliphatic imine (C=N–C) groups is 1. The summed E-state index contributed by atoms with van der Waals surface area (Å²) in [5, 5.41) is 7.03. The van der Waals surface area contributed by atoms with Gasteiger partial charge in [-0.1, -0.05) is 17.7 Å². The van der Waals surface area contributed by atoms with Crippen molar-refractivity contribution in [3.63, 3.8) is 0 Å². The third kappa shape index (κ3) is 5.61. The fraction of sp³-hybridized carbons (Fsp3) is 0.588. The Morgan fingerprint density at radius 2 is 2.21 bits per heavy atom. The molecule has 0 bridgehead atoms. The smallest absolute Gasteiger partial charge is 0.191 e. The van der Waals surface area contributed by atoms with E-state index in [1.165, 1.54) is 6.07 Å². The topological polar surface area (TPSA) is 54.9 Å². The molecule has 0 heterocycles. The molecule has 0 aliphatic heterocycles. The van der Waals surface area contributed by atoms with Crippen LogP contribution in [0.4, 0.5) is 4.39 Å². The average molecular weight is 358 g/mol. The predicted octanol–water partition coefficient (Wildman–Crippen LogP) is 2.55. The molecule has 2 rings (SSSR count). The second-order valence-corrected chi connectivity index (χ2v) is 6.09. The Labute approximate surface area is 147 Å². The van der Waals surface area contributed by atoms with Crippen LogP contribution in [0.25, 0.3) is 0 Å². The van der Waals surface area contributed by atoms with Crippen molar-refractivity contribution in [2.75, 3.05) is 40.5 Å². The summed E-state index contributed by atoms with van der Waals surface area (Å²) in [6.45, 7) is 2.64. The fourth-order valence-corrected chi connectivity index (χ4v) is 2.84. The molecule has 134 valence electrons. The second kappa shape index (κ2) is 9.81. The minimum Gasteiger partial charge on any atom is -0.382 e. The third-order valence-electron chi connectivity index (χ3n) is 3.90. The minimum absolute atomic E-state index is 0.0922. The van der Waals surface area contributed by atoms with Crippen molar-refractivity contribution in [2.24, 2.45) is 4.99 Å². The summed E-state index contributed by atoms with van der Waals surface area (Å²) in [6, 6.07) is 4.96. The van der Waals surface area contributed by atoms with Gasteiger partial charge in [0, 0.05) is 49.9 Å². The lowest BCUT2D eigenvalue weighted by atomic mass is 10.1. The minimum atomic E-state index is -0.243. The van der Waals surface area contributed by atoms with Crippen molar-refractivity contribution >= 4 is 17.6 Å². The molecule has 5 nitrogen and oxygen atoms in total. The van der Waals surface area contributed by atoms with E-state index in [1.54, 1.807) is 26.3 Å². The van der Waals surface area contributed by atoms with Crippen molar-refractivity contribution in [1.82, 2.24) is 10.6 Å². The molecule has 7 heteroatoms. The lowest BCUT2D eigenvalue weighted by Gasteiger charge is -2.12. The lowest BCUT2D eigenvalue weighted by Crippen LogP contribution is -2.39. The van der Waals surface area contributed by atoms with Crippen molar-refractivity contribution in [2.45, 2.75) is 24.8 Å². The molecule has 0 saturated heterocycles. The molecule has 1 fully saturated rings. The molecule has 0 spiro atoms. The van der Waals surface area contributed by atoms with Crippen molar-refractivity contribution < 1.29 is 13.9 Å². The number of guanidine groups is 1. The molecule has 1 aromatic rings. The monoisotopic (exact) mass is 357 g/mol. The SMILES string of the molecule is CN=C(NCCCOCCOC)NC1CC1c1c(F)cccc1Cl. The molecule has 2 unspecified atom stereocenters. The van der Waals surface area contributed by atoms with Crippen LogP contribution < -0.4 is 10.6 Å². The highest BCUT2D eigenvalue weighted by Crippen LogP contribution is 2.44. The molecule has 1 aliphatic carbocycles. The van der Waals surface area contributed by atoms with E-state index < -0.39 is 0 Å². The molecule has 1 aromatic carbocycles. The van der Waals surface area contributed by atoms with Crippen molar-refractivity contribution in [3.05, 3.63) is 34.6 Å². The van der Waals surface area contributed by atoms with Gasteiger partial charge in [-0.3, -0.25) is 4.99 Å². The van der Waals surface area contributed by atoms with Gasteiger partial charge in [0.05, 0.1) is 13.2 Å². The van der Waals surface area contributed by atoms with E-state index in [4.69, 9.17) is 21.1 Å². The zero-order valence-corrected chi connectivity index (χ0v) is 14.9. The average Bonchev–Trinajstić information content (AvgIpc) is 3.31. The number of rotatable bonds is 9. The molecule has 0 radical (unpaired) electrons. The third-order valence-corrected chi connectivity index (χ3v) is 4.23. The molecule has 0 amide bonds. The normalized spacial score (nSPS) is 20.1. The largest absolute Gasteiger partial charge is 0.382 e. The van der Waals surface area contributed by atoms with Crippen LogP contribution in [-0.2, 0) is 9.47 Å². The van der Waals surface area contributed by atoms with Gasteiger partial charge >= 0.3 is 0 Å². The maximum absolute atomic E-state index is 13.9. The molecule has 1 aliphatic rings. The van der Waals surface area contributed by atoms with Crippen LogP contribution in [0.15, 0.2) is 23.2 Å². The summed E-state index contributed by atoms with van der Waals surface area (Å²) in [4.78, 5) is 4.20. The molecule has 2 atom stereocenters. The van der Waals surface area contributed by atoms with E-state index in [0.717, 1.165) is 19.4 Å². The van der Waals surface area contributed by atoms with Gasteiger partial charge in [-0.2, -0.15) is 0 Å². The van der Waals surface area contributed by atoms with Crippen LogP contribution in [-0.4, -0.2) is 52.5 Å². The number of nitrogens with zero attached hydrogens (tertiary/aromatic N) is 1. The van der Waals surface area contributed by atoms with Crippen LogP contribution in [0.5, 0.6) is 0 Å². The van der Waals surface area contributed by atoms with Crippen LogP contribution in [0.1, 0.15) is 24.3 Å². The quantitative estimate of drug-likeness (QED) is 0.405. The fourth-order valence-electron chi connectivity index (χ4n) is 2.53. The Morgan fingerprint density at radius 1 is 1.38 bits per heavy atom. The lowest BCUT2D eigenvalue weighted by molar-refractivity contribution is 0.0698. The number of hydrogen-bond donors (Lipinski definition) is 2. The summed E-state index contributed by atoms with van der Waals surface area (Å²) in [7, 11) is 3.37. The Bertz CT molecular complexity index is 536. The van der Waals surface area contributed by atoms with E-state index in [-0.39, 0.29) is 17.8 Å². The van der Waals surface area contributed by atoms with Gasteiger partial charge in [-0.25, -0.2) is 4.39 Å². The first-order chi connectivity index (χ1) is 11.7. The number of ether oxygens (including phenoxy) is 2. The zero-order chi connectivity index (χ0) is 17.4. The van der Waals surface area contributed by atoms with E-state index in [9.17, 15) is 4.39 Å². The Morgan fingerprint density at radius 3 is 2.92 bits per heavy atom. The van der Waals surface area contributed by atoms with Gasteiger partial charge in [0.1, 0.15) is 5.82 Å². The molecule has 1 saturated carbocycles. The van der Waals surface area contributed by atoms with Gasteiger partial charge in [0.15, 0.2) is 5.96 Å². The van der Waals surface area contributed by atoms with Crippen LogP contribution >= 0.6 is 11.6 Å². The van der Waals surface area contributed by atoms with Crippen molar-refractivity contribution in [3.8, 4) is 0 Å². The number of nitrogens with one attached hydrogen (secondary N) is 2. The molecule has 24 heavy (non-hydrogen) atoms. The van der Waals surface area contributed by atoms with Gasteiger partial charge in [-0.05, 0) is 25.0 Å². The highest BCUT2D eigenvalue weighted by Gasteiger charge is 2.41. The molecule has 0 aromatic heterocycles. The standard InChI is InChI=1S/C17H25ClFN3O2/c1-20-17(21-7-4-8-24-10-9-23-2)22-15-11-12(15)16-13(18)5-3-6-14(16)19/h3,5-6,12,15H,4,7-11H2,1-2H3,(H2,20,21,22). The summed E-state index contributed by atoms with van der Waals surface area (Å²) < 4.78 is 24.2. The van der Waals surface area contributed by atoms with Gasteiger partial charge in [0.25, 0.3) is 0 Å². The van der Waals surface area contributed by atoms with E-state index in [1.807, 2.05) is 0 Å². The zero-order valence-electron chi connectivity index (χ0n) is 14.1.